The molecule has 0 unspecified atom stereocenters. The van der Waals surface area contributed by atoms with Crippen LogP contribution in [-0.2, 0) is 11.0 Å². The zero-order valence-electron chi connectivity index (χ0n) is 16.8. The van der Waals surface area contributed by atoms with Crippen LogP contribution >= 0.6 is 23.4 Å². The van der Waals surface area contributed by atoms with Gasteiger partial charge in [-0.2, -0.15) is 18.3 Å². The van der Waals surface area contributed by atoms with E-state index in [4.69, 9.17) is 17.4 Å². The standard InChI is InChI=1S/C18H14ClF3N8O3S/c19-13-5-4-11(18(20,21)22)7-14(13)25-15(31)9-34-17-28-27-16(29(17)23)26-24-8-10-2-1-3-12(6-10)30(32)33/h1-8H,9,23H2,(H,25,31)(H,26,27)/b24-8+. The van der Waals surface area contributed by atoms with Gasteiger partial charge in [-0.3, -0.25) is 14.9 Å². The van der Waals surface area contributed by atoms with Crippen molar-refractivity contribution in [2.45, 2.75) is 11.3 Å². The predicted octanol–water partition coefficient (Wildman–Crippen LogP) is 3.75. The Morgan fingerprint density at radius 3 is 2.76 bits per heavy atom. The van der Waals surface area contributed by atoms with Gasteiger partial charge in [-0.05, 0) is 18.2 Å². The van der Waals surface area contributed by atoms with E-state index in [1.165, 1.54) is 24.4 Å². The number of nitro groups is 1. The van der Waals surface area contributed by atoms with E-state index in [0.717, 1.165) is 34.6 Å². The van der Waals surface area contributed by atoms with E-state index >= 15 is 0 Å². The summed E-state index contributed by atoms with van der Waals surface area (Å²) in [7, 11) is 0. The highest BCUT2D eigenvalue weighted by atomic mass is 35.5. The highest BCUT2D eigenvalue weighted by Crippen LogP contribution is 2.34. The number of carbonyl (C=O) groups excluding carboxylic acids is 1. The molecule has 3 aromatic rings. The minimum absolute atomic E-state index is 0.00510. The molecule has 1 amide bonds. The summed E-state index contributed by atoms with van der Waals surface area (Å²) in [5, 5.41) is 24.6. The minimum atomic E-state index is -4.59. The highest BCUT2D eigenvalue weighted by molar-refractivity contribution is 7.99. The summed E-state index contributed by atoms with van der Waals surface area (Å²) in [5.74, 6) is 4.95. The van der Waals surface area contributed by atoms with Crippen molar-refractivity contribution in [3.8, 4) is 0 Å². The number of aromatic nitrogens is 3. The SMILES string of the molecule is Nn1c(N/N=C/c2cccc([N+](=O)[O-])c2)nnc1SCC(=O)Nc1cc(C(F)(F)F)ccc1Cl. The van der Waals surface area contributed by atoms with Gasteiger partial charge < -0.3 is 11.2 Å². The third-order valence-corrected chi connectivity index (χ3v) is 5.30. The third kappa shape index (κ3) is 6.35. The first kappa shape index (κ1) is 24.8. The van der Waals surface area contributed by atoms with E-state index in [9.17, 15) is 28.1 Å². The maximum atomic E-state index is 12.9. The number of rotatable bonds is 8. The lowest BCUT2D eigenvalue weighted by molar-refractivity contribution is -0.384. The Hall–Kier alpha value is -3.85. The average Bonchev–Trinajstić information content (AvgIpc) is 3.12. The third-order valence-electron chi connectivity index (χ3n) is 4.02. The molecule has 3 rings (SSSR count). The molecular formula is C18H14ClF3N8O3S. The van der Waals surface area contributed by atoms with Gasteiger partial charge in [0, 0.05) is 17.7 Å². The van der Waals surface area contributed by atoms with Crippen molar-refractivity contribution < 1.29 is 22.9 Å². The molecule has 0 saturated carbocycles. The van der Waals surface area contributed by atoms with E-state index in [2.05, 4.69) is 26.0 Å². The molecule has 11 nitrogen and oxygen atoms in total. The number of nitrogens with one attached hydrogen (secondary N) is 2. The first-order valence-electron chi connectivity index (χ1n) is 9.08. The molecule has 0 aliphatic rings. The lowest BCUT2D eigenvalue weighted by atomic mass is 10.2. The highest BCUT2D eigenvalue weighted by Gasteiger charge is 2.31. The topological polar surface area (TPSA) is 153 Å². The predicted molar refractivity (Wildman–Crippen MR) is 120 cm³/mol. The molecule has 0 atom stereocenters. The molecule has 2 aromatic carbocycles. The quantitative estimate of drug-likeness (QED) is 0.135. The van der Waals surface area contributed by atoms with Gasteiger partial charge in [0.25, 0.3) is 11.6 Å². The second kappa shape index (κ2) is 10.4. The van der Waals surface area contributed by atoms with Gasteiger partial charge in [0.05, 0.1) is 33.2 Å². The summed E-state index contributed by atoms with van der Waals surface area (Å²) >= 11 is 6.73. The Labute approximate surface area is 198 Å². The van der Waals surface area contributed by atoms with Crippen LogP contribution in [0.3, 0.4) is 0 Å². The van der Waals surface area contributed by atoms with Crippen LogP contribution in [0.25, 0.3) is 0 Å². The van der Waals surface area contributed by atoms with Crippen molar-refractivity contribution in [1.82, 2.24) is 14.9 Å². The lowest BCUT2D eigenvalue weighted by Crippen LogP contribution is -2.17. The summed E-state index contributed by atoms with van der Waals surface area (Å²) in [6.07, 6.45) is -3.28. The molecule has 178 valence electrons. The van der Waals surface area contributed by atoms with Crippen LogP contribution in [0.2, 0.25) is 5.02 Å². The van der Waals surface area contributed by atoms with Gasteiger partial charge in [-0.15, -0.1) is 10.2 Å². The maximum Gasteiger partial charge on any atom is 0.416 e. The molecule has 1 aromatic heterocycles. The average molecular weight is 515 g/mol. The van der Waals surface area contributed by atoms with Gasteiger partial charge in [0.15, 0.2) is 0 Å². The number of nitrogens with two attached hydrogens (primary N) is 1. The number of hydrazone groups is 1. The summed E-state index contributed by atoms with van der Waals surface area (Å²) in [4.78, 5) is 22.4. The molecule has 16 heteroatoms. The molecule has 1 heterocycles. The van der Waals surface area contributed by atoms with E-state index in [1.807, 2.05) is 0 Å². The Morgan fingerprint density at radius 2 is 2.06 bits per heavy atom. The fraction of sp³-hybridized carbons (Fsp3) is 0.111. The fourth-order valence-electron chi connectivity index (χ4n) is 2.45. The van der Waals surface area contributed by atoms with Gasteiger partial charge in [0.2, 0.25) is 11.1 Å². The molecular weight excluding hydrogens is 501 g/mol. The Morgan fingerprint density at radius 1 is 1.29 bits per heavy atom. The van der Waals surface area contributed by atoms with Crippen molar-refractivity contribution in [2.24, 2.45) is 5.10 Å². The van der Waals surface area contributed by atoms with E-state index in [1.54, 1.807) is 6.07 Å². The number of carbonyl (C=O) groups is 1. The van der Waals surface area contributed by atoms with E-state index < -0.39 is 22.6 Å². The number of hydrogen-bond donors (Lipinski definition) is 3. The Balaban J connectivity index is 1.58. The number of nitrogen functional groups attached to an aromatic ring is 1. The number of anilines is 2. The number of amides is 1. The fourth-order valence-corrected chi connectivity index (χ4v) is 3.27. The number of nitrogens with zero attached hydrogens (tertiary/aromatic N) is 5. The van der Waals surface area contributed by atoms with Crippen molar-refractivity contribution in [1.29, 1.82) is 0 Å². The molecule has 0 saturated heterocycles. The second-order valence-electron chi connectivity index (χ2n) is 6.43. The van der Waals surface area contributed by atoms with Crippen LogP contribution in [-0.4, -0.2) is 37.7 Å². The van der Waals surface area contributed by atoms with Crippen molar-refractivity contribution in [2.75, 3.05) is 22.3 Å². The molecule has 34 heavy (non-hydrogen) atoms. The number of nitro benzene ring substituents is 1. The summed E-state index contributed by atoms with van der Waals surface area (Å²) in [6, 6.07) is 8.32. The number of non-ortho nitro benzene ring substituents is 1. The summed E-state index contributed by atoms with van der Waals surface area (Å²) in [5.41, 5.74) is 1.72. The number of benzene rings is 2. The molecule has 0 radical (unpaired) electrons. The van der Waals surface area contributed by atoms with Crippen LogP contribution < -0.4 is 16.6 Å². The lowest BCUT2D eigenvalue weighted by Gasteiger charge is -2.11. The number of thioether (sulfide) groups is 1. The Kier molecular flexibility index (Phi) is 7.57. The number of halogens is 4. The van der Waals surface area contributed by atoms with Crippen molar-refractivity contribution in [3.63, 3.8) is 0 Å². The molecule has 0 bridgehead atoms. The van der Waals surface area contributed by atoms with Crippen LogP contribution in [0.1, 0.15) is 11.1 Å². The monoisotopic (exact) mass is 514 g/mol. The van der Waals surface area contributed by atoms with Gasteiger partial charge in [-0.1, -0.05) is 35.5 Å². The Bertz CT molecular complexity index is 1250. The zero-order chi connectivity index (χ0) is 24.9. The number of hydrogen-bond acceptors (Lipinski definition) is 9. The minimum Gasteiger partial charge on any atom is -0.334 e. The van der Waals surface area contributed by atoms with E-state index in [0.29, 0.717) is 5.56 Å². The van der Waals surface area contributed by atoms with Crippen LogP contribution in [0.5, 0.6) is 0 Å². The van der Waals surface area contributed by atoms with Gasteiger partial charge in [-0.25, -0.2) is 10.1 Å². The molecule has 0 aliphatic heterocycles. The smallest absolute Gasteiger partial charge is 0.334 e. The summed E-state index contributed by atoms with van der Waals surface area (Å²) < 4.78 is 39.6. The molecule has 4 N–H and O–H groups in total. The first-order chi connectivity index (χ1) is 16.0. The largest absolute Gasteiger partial charge is 0.416 e. The summed E-state index contributed by atoms with van der Waals surface area (Å²) in [6.45, 7) is 0. The maximum absolute atomic E-state index is 12.9. The van der Waals surface area contributed by atoms with Crippen molar-refractivity contribution >= 4 is 52.8 Å². The van der Waals surface area contributed by atoms with Gasteiger partial charge in [0.1, 0.15) is 0 Å². The molecule has 0 fully saturated rings. The van der Waals surface area contributed by atoms with Crippen LogP contribution in [0, 0.1) is 10.1 Å². The normalized spacial score (nSPS) is 11.5. The first-order valence-corrected chi connectivity index (χ1v) is 10.4. The van der Waals surface area contributed by atoms with Crippen LogP contribution in [0.15, 0.2) is 52.7 Å². The van der Waals surface area contributed by atoms with E-state index in [-0.39, 0.29) is 33.3 Å². The van der Waals surface area contributed by atoms with Gasteiger partial charge >= 0.3 is 6.18 Å². The molecule has 0 aliphatic carbocycles. The second-order valence-corrected chi connectivity index (χ2v) is 7.78. The van der Waals surface area contributed by atoms with Crippen molar-refractivity contribution in [3.05, 3.63) is 68.7 Å². The molecule has 0 spiro atoms. The van der Waals surface area contributed by atoms with Crippen LogP contribution in [0.4, 0.5) is 30.5 Å². The number of alkyl halides is 3. The zero-order valence-corrected chi connectivity index (χ0v) is 18.4.